The first-order valence-corrected chi connectivity index (χ1v) is 7.54. The summed E-state index contributed by atoms with van der Waals surface area (Å²) in [6, 6.07) is 11.3. The number of fused-ring (bicyclic) bond motifs is 1. The van der Waals surface area contributed by atoms with Crippen molar-refractivity contribution in [3.05, 3.63) is 60.6 Å². The minimum absolute atomic E-state index is 0.0546. The maximum atomic E-state index is 12.4. The van der Waals surface area contributed by atoms with Crippen LogP contribution < -0.4 is 4.72 Å². The highest BCUT2D eigenvalue weighted by molar-refractivity contribution is 7.92. The van der Waals surface area contributed by atoms with Gasteiger partial charge in [0.25, 0.3) is 10.0 Å². The van der Waals surface area contributed by atoms with Gasteiger partial charge in [-0.2, -0.15) is 5.26 Å². The number of anilines is 1. The third kappa shape index (κ3) is 2.32. The first-order valence-electron chi connectivity index (χ1n) is 6.05. The highest BCUT2D eigenvalue weighted by Gasteiger charge is 2.19. The van der Waals surface area contributed by atoms with E-state index in [-0.39, 0.29) is 10.5 Å². The van der Waals surface area contributed by atoms with Gasteiger partial charge in [0.05, 0.1) is 11.3 Å². The van der Waals surface area contributed by atoms with Gasteiger partial charge in [-0.3, -0.25) is 4.72 Å². The largest absolute Gasteiger partial charge is 0.305 e. The molecule has 0 unspecified atom stereocenters. The van der Waals surface area contributed by atoms with Crippen LogP contribution in [0.4, 0.5) is 5.69 Å². The quantitative estimate of drug-likeness (QED) is 0.801. The SMILES string of the molecule is N#Cc1ccccc1S(=O)(=O)Nc1cccn2ccnc12. The maximum Gasteiger partial charge on any atom is 0.263 e. The fourth-order valence-electron chi connectivity index (χ4n) is 2.02. The summed E-state index contributed by atoms with van der Waals surface area (Å²) in [4.78, 5) is 4.06. The number of rotatable bonds is 3. The Kier molecular flexibility index (Phi) is 3.08. The van der Waals surface area contributed by atoms with Gasteiger partial charge in [0.1, 0.15) is 11.0 Å². The average Bonchev–Trinajstić information content (AvgIpc) is 2.96. The van der Waals surface area contributed by atoms with Gasteiger partial charge in [-0.25, -0.2) is 13.4 Å². The van der Waals surface area contributed by atoms with Crippen LogP contribution in [0.2, 0.25) is 0 Å². The molecule has 21 heavy (non-hydrogen) atoms. The number of aromatic nitrogens is 2. The number of nitrogens with one attached hydrogen (secondary N) is 1. The monoisotopic (exact) mass is 298 g/mol. The first-order chi connectivity index (χ1) is 10.1. The van der Waals surface area contributed by atoms with E-state index in [1.165, 1.54) is 12.1 Å². The molecule has 0 aliphatic rings. The fraction of sp³-hybridized carbons (Fsp3) is 0. The average molecular weight is 298 g/mol. The molecule has 0 amide bonds. The Labute approximate surface area is 121 Å². The second kappa shape index (κ2) is 4.92. The van der Waals surface area contributed by atoms with E-state index in [1.807, 2.05) is 6.07 Å². The van der Waals surface area contributed by atoms with E-state index < -0.39 is 10.0 Å². The lowest BCUT2D eigenvalue weighted by Gasteiger charge is -2.10. The van der Waals surface area contributed by atoms with E-state index >= 15 is 0 Å². The van der Waals surface area contributed by atoms with Crippen molar-refractivity contribution >= 4 is 21.4 Å². The smallest absolute Gasteiger partial charge is 0.263 e. The minimum Gasteiger partial charge on any atom is -0.305 e. The van der Waals surface area contributed by atoms with Crippen LogP contribution in [0.25, 0.3) is 5.65 Å². The van der Waals surface area contributed by atoms with Crippen LogP contribution in [-0.2, 0) is 10.0 Å². The van der Waals surface area contributed by atoms with Crippen molar-refractivity contribution in [1.29, 1.82) is 5.26 Å². The van der Waals surface area contributed by atoms with Gasteiger partial charge in [-0.05, 0) is 24.3 Å². The molecule has 0 saturated heterocycles. The number of nitriles is 1. The van der Waals surface area contributed by atoms with Crippen molar-refractivity contribution in [1.82, 2.24) is 9.38 Å². The van der Waals surface area contributed by atoms with Crippen LogP contribution in [0.15, 0.2) is 59.9 Å². The van der Waals surface area contributed by atoms with E-state index in [4.69, 9.17) is 5.26 Å². The van der Waals surface area contributed by atoms with E-state index in [9.17, 15) is 8.42 Å². The van der Waals surface area contributed by atoms with Crippen LogP contribution in [0.3, 0.4) is 0 Å². The number of imidazole rings is 1. The van der Waals surface area contributed by atoms with E-state index in [2.05, 4.69) is 9.71 Å². The lowest BCUT2D eigenvalue weighted by atomic mass is 10.2. The molecule has 0 aliphatic heterocycles. The zero-order valence-electron chi connectivity index (χ0n) is 10.8. The molecule has 0 fully saturated rings. The third-order valence-corrected chi connectivity index (χ3v) is 4.38. The van der Waals surface area contributed by atoms with E-state index in [0.717, 1.165) is 0 Å². The molecule has 3 rings (SSSR count). The molecule has 104 valence electrons. The van der Waals surface area contributed by atoms with Crippen LogP contribution in [0, 0.1) is 11.3 Å². The number of benzene rings is 1. The summed E-state index contributed by atoms with van der Waals surface area (Å²) < 4.78 is 29.1. The third-order valence-electron chi connectivity index (χ3n) is 2.96. The molecule has 0 spiro atoms. The highest BCUT2D eigenvalue weighted by Crippen LogP contribution is 2.21. The van der Waals surface area contributed by atoms with Gasteiger partial charge in [0.15, 0.2) is 5.65 Å². The molecular weight excluding hydrogens is 288 g/mol. The van der Waals surface area contributed by atoms with Crippen molar-refractivity contribution < 1.29 is 8.42 Å². The Morgan fingerprint density at radius 2 is 1.95 bits per heavy atom. The van der Waals surface area contributed by atoms with Crippen molar-refractivity contribution in [3.63, 3.8) is 0 Å². The molecule has 0 saturated carbocycles. The molecule has 1 aromatic carbocycles. The van der Waals surface area contributed by atoms with Gasteiger partial charge < -0.3 is 4.40 Å². The molecule has 0 aliphatic carbocycles. The van der Waals surface area contributed by atoms with Gasteiger partial charge in [-0.15, -0.1) is 0 Å². The normalized spacial score (nSPS) is 11.2. The lowest BCUT2D eigenvalue weighted by molar-refractivity contribution is 0.601. The number of nitrogens with zero attached hydrogens (tertiary/aromatic N) is 3. The van der Waals surface area contributed by atoms with Gasteiger partial charge in [-0.1, -0.05) is 12.1 Å². The topological polar surface area (TPSA) is 87.3 Å². The molecular formula is C14H10N4O2S. The van der Waals surface area contributed by atoms with E-state index in [0.29, 0.717) is 11.3 Å². The second-order valence-electron chi connectivity index (χ2n) is 4.29. The first kappa shape index (κ1) is 13.1. The van der Waals surface area contributed by atoms with Crippen molar-refractivity contribution in [2.75, 3.05) is 4.72 Å². The van der Waals surface area contributed by atoms with Gasteiger partial charge in [0.2, 0.25) is 0 Å². The molecule has 6 nitrogen and oxygen atoms in total. The summed E-state index contributed by atoms with van der Waals surface area (Å²) in [5.74, 6) is 0. The lowest BCUT2D eigenvalue weighted by Crippen LogP contribution is -2.15. The summed E-state index contributed by atoms with van der Waals surface area (Å²) in [5.41, 5.74) is 0.950. The number of sulfonamides is 1. The Hall–Kier alpha value is -2.85. The minimum atomic E-state index is -3.85. The second-order valence-corrected chi connectivity index (χ2v) is 5.94. The predicted molar refractivity (Wildman–Crippen MR) is 77.2 cm³/mol. The molecule has 3 aromatic rings. The summed E-state index contributed by atoms with van der Waals surface area (Å²) >= 11 is 0. The van der Waals surface area contributed by atoms with Gasteiger partial charge >= 0.3 is 0 Å². The van der Waals surface area contributed by atoms with Gasteiger partial charge in [0, 0.05) is 18.6 Å². The standard InChI is InChI=1S/C14H10N4O2S/c15-10-11-4-1-2-6-13(11)21(19,20)17-12-5-3-8-18-9-7-16-14(12)18/h1-9,17H. The Morgan fingerprint density at radius 3 is 2.76 bits per heavy atom. The molecule has 0 radical (unpaired) electrons. The molecule has 1 N–H and O–H groups in total. The van der Waals surface area contributed by atoms with Crippen LogP contribution in [0.1, 0.15) is 5.56 Å². The Balaban J connectivity index is 2.08. The van der Waals surface area contributed by atoms with E-state index in [1.54, 1.807) is 47.3 Å². The molecule has 0 bridgehead atoms. The van der Waals surface area contributed by atoms with Crippen molar-refractivity contribution in [2.45, 2.75) is 4.90 Å². The highest BCUT2D eigenvalue weighted by atomic mass is 32.2. The predicted octanol–water partition coefficient (Wildman–Crippen LogP) is 2.01. The Bertz CT molecular complexity index is 954. The molecule has 0 atom stereocenters. The number of hydrogen-bond acceptors (Lipinski definition) is 4. The summed E-state index contributed by atoms with van der Waals surface area (Å²) in [6.07, 6.45) is 5.07. The van der Waals surface area contributed by atoms with Crippen molar-refractivity contribution in [2.24, 2.45) is 0 Å². The van der Waals surface area contributed by atoms with Crippen molar-refractivity contribution in [3.8, 4) is 6.07 Å². The summed E-state index contributed by atoms with van der Waals surface area (Å²) in [7, 11) is -3.85. The zero-order valence-corrected chi connectivity index (χ0v) is 11.6. The molecule has 7 heteroatoms. The van der Waals surface area contributed by atoms with Crippen LogP contribution in [0.5, 0.6) is 0 Å². The Morgan fingerprint density at radius 1 is 1.14 bits per heavy atom. The summed E-state index contributed by atoms with van der Waals surface area (Å²) in [6.45, 7) is 0. The fourth-order valence-corrected chi connectivity index (χ4v) is 3.24. The number of pyridine rings is 1. The summed E-state index contributed by atoms with van der Waals surface area (Å²) in [5, 5.41) is 9.03. The molecule has 2 aromatic heterocycles. The van der Waals surface area contributed by atoms with Crippen LogP contribution >= 0.6 is 0 Å². The van der Waals surface area contributed by atoms with Crippen LogP contribution in [-0.4, -0.2) is 17.8 Å². The number of hydrogen-bond donors (Lipinski definition) is 1. The maximum absolute atomic E-state index is 12.4. The zero-order chi connectivity index (χ0) is 14.9. The molecule has 2 heterocycles.